The summed E-state index contributed by atoms with van der Waals surface area (Å²) < 4.78 is 2.16. The van der Waals surface area contributed by atoms with Crippen molar-refractivity contribution < 1.29 is 4.79 Å². The van der Waals surface area contributed by atoms with E-state index < -0.39 is 0 Å². The maximum Gasteiger partial charge on any atom is 0.262 e. The number of rotatable bonds is 4. The number of hydrogen-bond donors (Lipinski definition) is 1. The topological polar surface area (TPSA) is 64.0 Å². The monoisotopic (exact) mass is 433 g/mol. The molecule has 0 spiro atoms. The molecule has 3 aromatic rings. The van der Waals surface area contributed by atoms with Crippen molar-refractivity contribution >= 4 is 44.3 Å². The molecule has 1 amide bonds. The molecule has 0 fully saturated rings. The van der Waals surface area contributed by atoms with Gasteiger partial charge in [0.2, 0.25) is 5.91 Å². The largest absolute Gasteiger partial charge is 0.352 e. The molecule has 26 heavy (non-hydrogen) atoms. The Morgan fingerprint density at radius 3 is 2.73 bits per heavy atom. The summed E-state index contributed by atoms with van der Waals surface area (Å²) in [5, 5.41) is 3.79. The summed E-state index contributed by atoms with van der Waals surface area (Å²) in [7, 11) is 0. The van der Waals surface area contributed by atoms with Crippen LogP contribution in [0.25, 0.3) is 22.3 Å². The average Bonchev–Trinajstić information content (AvgIpc) is 2.57. The van der Waals surface area contributed by atoms with E-state index in [1.54, 1.807) is 30.3 Å². The van der Waals surface area contributed by atoms with Crippen molar-refractivity contribution in [2.45, 2.75) is 26.4 Å². The van der Waals surface area contributed by atoms with Crippen LogP contribution in [0.1, 0.15) is 13.8 Å². The molecule has 0 aliphatic heterocycles. The molecular weight excluding hydrogens is 418 g/mol. The molecule has 0 saturated heterocycles. The third-order valence-corrected chi connectivity index (χ3v) is 4.48. The summed E-state index contributed by atoms with van der Waals surface area (Å²) in [6, 6.07) is 12.4. The van der Waals surface area contributed by atoms with E-state index in [1.807, 2.05) is 26.0 Å². The lowest BCUT2D eigenvalue weighted by molar-refractivity contribution is -0.122. The van der Waals surface area contributed by atoms with Crippen molar-refractivity contribution in [3.8, 4) is 11.4 Å². The standard InChI is InChI=1S/C19H17BrClN3O2/c1-11(2)22-17(25)10-24-18(12-4-3-5-14(21)8-12)23-16-7-6-13(20)9-15(16)19(24)26/h3-9,11H,10H2,1-2H3,(H,22,25). The molecule has 2 aromatic carbocycles. The molecule has 0 saturated carbocycles. The molecule has 0 aliphatic rings. The van der Waals surface area contributed by atoms with Crippen LogP contribution < -0.4 is 10.9 Å². The van der Waals surface area contributed by atoms with Gasteiger partial charge in [-0.2, -0.15) is 0 Å². The van der Waals surface area contributed by atoms with Crippen LogP contribution in [0.5, 0.6) is 0 Å². The first kappa shape index (κ1) is 18.6. The van der Waals surface area contributed by atoms with E-state index >= 15 is 0 Å². The van der Waals surface area contributed by atoms with Gasteiger partial charge in [-0.05, 0) is 44.2 Å². The Morgan fingerprint density at radius 1 is 1.27 bits per heavy atom. The third kappa shape index (κ3) is 3.97. The number of halogens is 2. The Labute approximate surface area is 164 Å². The fourth-order valence-electron chi connectivity index (χ4n) is 2.70. The molecular formula is C19H17BrClN3O2. The van der Waals surface area contributed by atoms with Gasteiger partial charge in [0.05, 0.1) is 10.9 Å². The minimum atomic E-state index is -0.273. The second-order valence-corrected chi connectivity index (χ2v) is 7.57. The smallest absolute Gasteiger partial charge is 0.262 e. The third-order valence-electron chi connectivity index (χ3n) is 3.75. The Morgan fingerprint density at radius 2 is 2.04 bits per heavy atom. The number of hydrogen-bond acceptors (Lipinski definition) is 3. The van der Waals surface area contributed by atoms with Crippen molar-refractivity contribution in [3.05, 3.63) is 62.3 Å². The van der Waals surface area contributed by atoms with Crippen LogP contribution in [0.15, 0.2) is 51.7 Å². The van der Waals surface area contributed by atoms with E-state index in [0.29, 0.717) is 27.3 Å². The first-order chi connectivity index (χ1) is 12.3. The van der Waals surface area contributed by atoms with Crippen LogP contribution in [0.2, 0.25) is 5.02 Å². The minimum Gasteiger partial charge on any atom is -0.352 e. The molecule has 0 unspecified atom stereocenters. The van der Waals surface area contributed by atoms with Crippen LogP contribution in [-0.2, 0) is 11.3 Å². The lowest BCUT2D eigenvalue weighted by Gasteiger charge is -2.15. The number of carbonyl (C=O) groups excluding carboxylic acids is 1. The number of aromatic nitrogens is 2. The Balaban J connectivity index is 2.23. The molecule has 134 valence electrons. The zero-order valence-corrected chi connectivity index (χ0v) is 16.6. The normalized spacial score (nSPS) is 11.1. The van der Waals surface area contributed by atoms with Gasteiger partial charge in [-0.3, -0.25) is 14.2 Å². The predicted molar refractivity (Wildman–Crippen MR) is 107 cm³/mol. The number of benzene rings is 2. The lowest BCUT2D eigenvalue weighted by Crippen LogP contribution is -2.37. The summed E-state index contributed by atoms with van der Waals surface area (Å²) in [6.07, 6.45) is 0. The van der Waals surface area contributed by atoms with Gasteiger partial charge in [-0.15, -0.1) is 0 Å². The summed E-state index contributed by atoms with van der Waals surface area (Å²) >= 11 is 9.47. The van der Waals surface area contributed by atoms with Crippen LogP contribution in [0.4, 0.5) is 0 Å². The fraction of sp³-hybridized carbons (Fsp3) is 0.211. The van der Waals surface area contributed by atoms with E-state index in [-0.39, 0.29) is 24.1 Å². The molecule has 5 nitrogen and oxygen atoms in total. The van der Waals surface area contributed by atoms with Crippen LogP contribution in [0, 0.1) is 0 Å². The highest BCUT2D eigenvalue weighted by Gasteiger charge is 2.16. The van der Waals surface area contributed by atoms with E-state index in [2.05, 4.69) is 26.2 Å². The van der Waals surface area contributed by atoms with Gasteiger partial charge in [0.15, 0.2) is 0 Å². The second kappa shape index (κ2) is 7.60. The van der Waals surface area contributed by atoms with Crippen LogP contribution >= 0.6 is 27.5 Å². The molecule has 0 radical (unpaired) electrons. The van der Waals surface area contributed by atoms with Gasteiger partial charge >= 0.3 is 0 Å². The highest BCUT2D eigenvalue weighted by Crippen LogP contribution is 2.23. The number of fused-ring (bicyclic) bond motifs is 1. The minimum absolute atomic E-state index is 0.0182. The SMILES string of the molecule is CC(C)NC(=O)Cn1c(-c2cccc(Cl)c2)nc2ccc(Br)cc2c1=O. The highest BCUT2D eigenvalue weighted by atomic mass is 79.9. The van der Waals surface area contributed by atoms with Crippen molar-refractivity contribution in [2.75, 3.05) is 0 Å². The summed E-state index contributed by atoms with van der Waals surface area (Å²) in [5.41, 5.74) is 0.968. The van der Waals surface area contributed by atoms with Gasteiger partial charge in [0, 0.05) is 21.1 Å². The van der Waals surface area contributed by atoms with E-state index in [1.165, 1.54) is 4.57 Å². The van der Waals surface area contributed by atoms with E-state index in [0.717, 1.165) is 4.47 Å². The lowest BCUT2D eigenvalue weighted by atomic mass is 10.1. The van der Waals surface area contributed by atoms with Crippen molar-refractivity contribution in [1.82, 2.24) is 14.9 Å². The molecule has 1 aromatic heterocycles. The first-order valence-electron chi connectivity index (χ1n) is 8.10. The van der Waals surface area contributed by atoms with E-state index in [4.69, 9.17) is 11.6 Å². The molecule has 0 bridgehead atoms. The summed E-state index contributed by atoms with van der Waals surface area (Å²) in [6.45, 7) is 3.62. The number of nitrogens with zero attached hydrogens (tertiary/aromatic N) is 2. The number of nitrogens with one attached hydrogen (secondary N) is 1. The maximum atomic E-state index is 13.1. The molecule has 1 N–H and O–H groups in total. The molecule has 0 aliphatic carbocycles. The Hall–Kier alpha value is -2.18. The molecule has 1 heterocycles. The highest BCUT2D eigenvalue weighted by molar-refractivity contribution is 9.10. The summed E-state index contributed by atoms with van der Waals surface area (Å²) in [5.74, 6) is 0.160. The number of carbonyl (C=O) groups is 1. The molecule has 7 heteroatoms. The second-order valence-electron chi connectivity index (χ2n) is 6.22. The summed E-state index contributed by atoms with van der Waals surface area (Å²) in [4.78, 5) is 30.0. The van der Waals surface area contributed by atoms with Crippen LogP contribution in [-0.4, -0.2) is 21.5 Å². The molecule has 0 atom stereocenters. The first-order valence-corrected chi connectivity index (χ1v) is 9.27. The van der Waals surface area contributed by atoms with E-state index in [9.17, 15) is 9.59 Å². The van der Waals surface area contributed by atoms with Crippen molar-refractivity contribution in [3.63, 3.8) is 0 Å². The number of amides is 1. The van der Waals surface area contributed by atoms with Gasteiger partial charge in [-0.25, -0.2) is 4.98 Å². The quantitative estimate of drug-likeness (QED) is 0.675. The predicted octanol–water partition coefficient (Wildman–Crippen LogP) is 4.00. The zero-order chi connectivity index (χ0) is 18.8. The maximum absolute atomic E-state index is 13.1. The van der Waals surface area contributed by atoms with Gasteiger partial charge in [-0.1, -0.05) is 39.7 Å². The van der Waals surface area contributed by atoms with Gasteiger partial charge in [0.1, 0.15) is 12.4 Å². The zero-order valence-electron chi connectivity index (χ0n) is 14.3. The van der Waals surface area contributed by atoms with Crippen molar-refractivity contribution in [1.29, 1.82) is 0 Å². The average molecular weight is 435 g/mol. The van der Waals surface area contributed by atoms with Crippen molar-refractivity contribution in [2.24, 2.45) is 0 Å². The van der Waals surface area contributed by atoms with Gasteiger partial charge in [0.25, 0.3) is 5.56 Å². The van der Waals surface area contributed by atoms with Gasteiger partial charge < -0.3 is 5.32 Å². The van der Waals surface area contributed by atoms with Crippen LogP contribution in [0.3, 0.4) is 0 Å². The fourth-order valence-corrected chi connectivity index (χ4v) is 3.25. The Bertz CT molecular complexity index is 1050. The molecule has 3 rings (SSSR count). The Kier molecular flexibility index (Phi) is 5.44.